The van der Waals surface area contributed by atoms with Crippen molar-refractivity contribution in [2.45, 2.75) is 119 Å². The van der Waals surface area contributed by atoms with Gasteiger partial charge in [-0.1, -0.05) is 80.1 Å². The molecule has 0 aromatic rings. The molecule has 0 bridgehead atoms. The summed E-state index contributed by atoms with van der Waals surface area (Å²) >= 11 is 0. The van der Waals surface area contributed by atoms with E-state index >= 15 is 0 Å². The van der Waals surface area contributed by atoms with Crippen LogP contribution in [0.25, 0.3) is 0 Å². The van der Waals surface area contributed by atoms with Gasteiger partial charge in [-0.05, 0) is 36.5 Å². The van der Waals surface area contributed by atoms with Crippen molar-refractivity contribution < 1.29 is 23.9 Å². The maximum absolute atomic E-state index is 11.9. The second-order valence-electron chi connectivity index (χ2n) is 10.4. The van der Waals surface area contributed by atoms with Gasteiger partial charge in [-0.2, -0.15) is 0 Å². The molecule has 2 unspecified atom stereocenters. The molecular weight excluding hydrogens is 404 g/mol. The smallest absolute Gasteiger partial charge is 0.306 e. The molecular formula is C27H50O5. The van der Waals surface area contributed by atoms with Crippen LogP contribution in [0.5, 0.6) is 0 Å². The number of hydrogen-bond acceptors (Lipinski definition) is 5. The Bertz CT molecular complexity index is 468. The predicted molar refractivity (Wildman–Crippen MR) is 130 cm³/mol. The van der Waals surface area contributed by atoms with Crippen molar-refractivity contribution in [1.82, 2.24) is 0 Å². The van der Waals surface area contributed by atoms with E-state index in [1.54, 1.807) is 0 Å². The molecule has 5 nitrogen and oxygen atoms in total. The molecule has 0 rings (SSSR count). The summed E-state index contributed by atoms with van der Waals surface area (Å²) in [6.45, 7) is 14.1. The van der Waals surface area contributed by atoms with Gasteiger partial charge >= 0.3 is 11.9 Å². The Labute approximate surface area is 197 Å². The second-order valence-corrected chi connectivity index (χ2v) is 10.4. The topological polar surface area (TPSA) is 69.7 Å². The minimum absolute atomic E-state index is 0.0868. The molecule has 0 saturated carbocycles. The molecule has 0 amide bonds. The standard InChI is InChI=1S/C27H50O5/c1-21(2)9-7-11-23(5)17-19-31-26(29)15-13-25(28)14-16-27(30)32-20-18-24(6)12-8-10-22(3)4/h21-24H,7-20H2,1-6H3. The summed E-state index contributed by atoms with van der Waals surface area (Å²) in [6.07, 6.45) is 9.35. The van der Waals surface area contributed by atoms with Crippen LogP contribution in [0.1, 0.15) is 119 Å². The van der Waals surface area contributed by atoms with Crippen molar-refractivity contribution in [3.05, 3.63) is 0 Å². The minimum atomic E-state index is -0.332. The van der Waals surface area contributed by atoms with Gasteiger partial charge in [0.15, 0.2) is 0 Å². The lowest BCUT2D eigenvalue weighted by atomic mass is 9.98. The van der Waals surface area contributed by atoms with E-state index in [0.717, 1.165) is 37.5 Å². The molecule has 0 aromatic heterocycles. The molecule has 188 valence electrons. The van der Waals surface area contributed by atoms with E-state index in [4.69, 9.17) is 9.47 Å². The first-order chi connectivity index (χ1) is 15.1. The summed E-state index contributed by atoms with van der Waals surface area (Å²) in [5, 5.41) is 0. The zero-order chi connectivity index (χ0) is 24.4. The van der Waals surface area contributed by atoms with Gasteiger partial charge in [-0.15, -0.1) is 0 Å². The zero-order valence-electron chi connectivity index (χ0n) is 21.8. The number of Topliss-reactive ketones (excluding diaryl/α,β-unsaturated/α-hetero) is 1. The van der Waals surface area contributed by atoms with Crippen LogP contribution in [0.3, 0.4) is 0 Å². The van der Waals surface area contributed by atoms with E-state index in [2.05, 4.69) is 41.5 Å². The molecule has 0 aliphatic carbocycles. The van der Waals surface area contributed by atoms with Gasteiger partial charge in [0, 0.05) is 12.8 Å². The monoisotopic (exact) mass is 454 g/mol. The summed E-state index contributed by atoms with van der Waals surface area (Å²) in [4.78, 5) is 35.6. The first-order valence-electron chi connectivity index (χ1n) is 12.9. The highest BCUT2D eigenvalue weighted by atomic mass is 16.5. The van der Waals surface area contributed by atoms with E-state index in [9.17, 15) is 14.4 Å². The van der Waals surface area contributed by atoms with E-state index in [-0.39, 0.29) is 43.4 Å². The van der Waals surface area contributed by atoms with Crippen molar-refractivity contribution >= 4 is 17.7 Å². The van der Waals surface area contributed by atoms with Gasteiger partial charge in [0.1, 0.15) is 5.78 Å². The minimum Gasteiger partial charge on any atom is -0.466 e. The summed E-state index contributed by atoms with van der Waals surface area (Å²) in [6, 6.07) is 0. The molecule has 0 saturated heterocycles. The normalized spacial score (nSPS) is 13.2. The molecule has 0 fully saturated rings. The van der Waals surface area contributed by atoms with E-state index in [1.165, 1.54) is 25.7 Å². The summed E-state index contributed by atoms with van der Waals surface area (Å²) < 4.78 is 10.5. The highest BCUT2D eigenvalue weighted by Gasteiger charge is 2.12. The Morgan fingerprint density at radius 2 is 0.906 bits per heavy atom. The fourth-order valence-electron chi connectivity index (χ4n) is 3.54. The maximum Gasteiger partial charge on any atom is 0.306 e. The number of carbonyl (C=O) groups excluding carboxylic acids is 3. The average molecular weight is 455 g/mol. The molecule has 5 heteroatoms. The molecule has 0 aromatic carbocycles. The Hall–Kier alpha value is -1.39. The number of ether oxygens (including phenoxy) is 2. The van der Waals surface area contributed by atoms with Crippen LogP contribution in [0.2, 0.25) is 0 Å². The van der Waals surface area contributed by atoms with E-state index in [0.29, 0.717) is 25.0 Å². The number of ketones is 1. The summed E-state index contributed by atoms with van der Waals surface area (Å²) in [7, 11) is 0. The third-order valence-corrected chi connectivity index (χ3v) is 5.92. The Morgan fingerprint density at radius 3 is 1.25 bits per heavy atom. The Kier molecular flexibility index (Phi) is 18.3. The summed E-state index contributed by atoms with van der Waals surface area (Å²) in [5.41, 5.74) is 0. The van der Waals surface area contributed by atoms with Crippen LogP contribution < -0.4 is 0 Å². The highest BCUT2D eigenvalue weighted by molar-refractivity contribution is 5.85. The van der Waals surface area contributed by atoms with Crippen molar-refractivity contribution in [2.75, 3.05) is 13.2 Å². The fraction of sp³-hybridized carbons (Fsp3) is 0.889. The second kappa shape index (κ2) is 19.1. The van der Waals surface area contributed by atoms with Crippen LogP contribution in [0.15, 0.2) is 0 Å². The van der Waals surface area contributed by atoms with Gasteiger partial charge in [0.25, 0.3) is 0 Å². The van der Waals surface area contributed by atoms with Crippen LogP contribution in [0.4, 0.5) is 0 Å². The number of hydrogen-bond donors (Lipinski definition) is 0. The van der Waals surface area contributed by atoms with Gasteiger partial charge in [0.05, 0.1) is 26.1 Å². The maximum atomic E-state index is 11.9. The van der Waals surface area contributed by atoms with Crippen molar-refractivity contribution in [2.24, 2.45) is 23.7 Å². The number of rotatable bonds is 20. The lowest BCUT2D eigenvalue weighted by Crippen LogP contribution is -2.13. The van der Waals surface area contributed by atoms with Crippen LogP contribution in [-0.2, 0) is 23.9 Å². The first kappa shape index (κ1) is 30.6. The SMILES string of the molecule is CC(C)CCCC(C)CCOC(=O)CCC(=O)CCC(=O)OCCC(C)CCCC(C)C. The molecule has 0 radical (unpaired) electrons. The third kappa shape index (κ3) is 20.5. The van der Waals surface area contributed by atoms with Gasteiger partial charge in [0.2, 0.25) is 0 Å². The van der Waals surface area contributed by atoms with Crippen molar-refractivity contribution in [3.63, 3.8) is 0 Å². The third-order valence-electron chi connectivity index (χ3n) is 5.92. The van der Waals surface area contributed by atoms with Crippen LogP contribution in [-0.4, -0.2) is 30.9 Å². The zero-order valence-corrected chi connectivity index (χ0v) is 21.8. The lowest BCUT2D eigenvalue weighted by molar-refractivity contribution is -0.145. The number of esters is 2. The quantitative estimate of drug-likeness (QED) is 0.187. The molecule has 2 atom stereocenters. The first-order valence-corrected chi connectivity index (χ1v) is 12.9. The van der Waals surface area contributed by atoms with Crippen LogP contribution >= 0.6 is 0 Å². The van der Waals surface area contributed by atoms with Crippen molar-refractivity contribution in [3.8, 4) is 0 Å². The van der Waals surface area contributed by atoms with Crippen LogP contribution in [0, 0.1) is 23.7 Å². The number of carbonyl (C=O) groups is 3. The summed E-state index contributed by atoms with van der Waals surface area (Å²) in [5.74, 6) is 1.78. The Balaban J connectivity index is 3.72. The van der Waals surface area contributed by atoms with Gasteiger partial charge in [-0.25, -0.2) is 0 Å². The van der Waals surface area contributed by atoms with E-state index < -0.39 is 0 Å². The fourth-order valence-corrected chi connectivity index (χ4v) is 3.54. The molecule has 0 spiro atoms. The molecule has 0 aliphatic rings. The molecule has 0 N–H and O–H groups in total. The largest absolute Gasteiger partial charge is 0.466 e. The van der Waals surface area contributed by atoms with Crippen molar-refractivity contribution in [1.29, 1.82) is 0 Å². The molecule has 32 heavy (non-hydrogen) atoms. The lowest BCUT2D eigenvalue weighted by Gasteiger charge is -2.12. The Morgan fingerprint density at radius 1 is 0.531 bits per heavy atom. The molecule has 0 heterocycles. The molecule has 0 aliphatic heterocycles. The highest BCUT2D eigenvalue weighted by Crippen LogP contribution is 2.16. The predicted octanol–water partition coefficient (Wildman–Crippen LogP) is 6.91. The van der Waals surface area contributed by atoms with Gasteiger partial charge in [-0.3, -0.25) is 14.4 Å². The average Bonchev–Trinajstić information content (AvgIpc) is 2.70. The van der Waals surface area contributed by atoms with Gasteiger partial charge < -0.3 is 9.47 Å². The van der Waals surface area contributed by atoms with E-state index in [1.807, 2.05) is 0 Å².